The number of fused-ring (bicyclic) bond motifs is 1. The van der Waals surface area contributed by atoms with E-state index < -0.39 is 39.3 Å². The molecule has 2 heterocycles. The first-order valence-corrected chi connectivity index (χ1v) is 9.02. The number of hydrogen-bond donors (Lipinski definition) is 5. The molecule has 1 unspecified atom stereocenters. The van der Waals surface area contributed by atoms with Crippen LogP contribution in [0.25, 0.3) is 11.2 Å². The summed E-state index contributed by atoms with van der Waals surface area (Å²) in [6.07, 6.45) is 2.26. The van der Waals surface area contributed by atoms with Crippen LogP contribution in [0.3, 0.4) is 0 Å². The lowest BCUT2D eigenvalue weighted by Gasteiger charge is -2.25. The second-order valence-electron chi connectivity index (χ2n) is 5.50. The molecule has 0 spiro atoms. The molecule has 0 bridgehead atoms. The SMILES string of the molecule is Nc1ncnc2c1ncn2CCOCP(=O)(O)OCC(N)(CO)CO. The van der Waals surface area contributed by atoms with Gasteiger partial charge in [0.1, 0.15) is 18.2 Å². The fourth-order valence-corrected chi connectivity index (χ4v) is 2.71. The summed E-state index contributed by atoms with van der Waals surface area (Å²) in [4.78, 5) is 21.7. The van der Waals surface area contributed by atoms with E-state index in [1.807, 2.05) is 0 Å². The van der Waals surface area contributed by atoms with E-state index in [0.29, 0.717) is 17.7 Å². The minimum absolute atomic E-state index is 0.0943. The topological polar surface area (TPSA) is 192 Å². The first-order valence-electron chi connectivity index (χ1n) is 7.26. The lowest BCUT2D eigenvalue weighted by molar-refractivity contribution is 0.0670. The minimum Gasteiger partial charge on any atom is -0.394 e. The van der Waals surface area contributed by atoms with Gasteiger partial charge >= 0.3 is 7.60 Å². The molecule has 1 atom stereocenters. The summed E-state index contributed by atoms with van der Waals surface area (Å²) in [5.74, 6) is 0.260. The number of nitrogen functional groups attached to an aromatic ring is 1. The Hall–Kier alpha value is -1.66. The first kappa shape index (κ1) is 19.7. The van der Waals surface area contributed by atoms with Crippen molar-refractivity contribution in [3.63, 3.8) is 0 Å². The average Bonchev–Trinajstić information content (AvgIpc) is 3.01. The molecule has 2 aromatic rings. The van der Waals surface area contributed by atoms with Crippen LogP contribution >= 0.6 is 7.60 Å². The third-order valence-corrected chi connectivity index (χ3v) is 4.39. The van der Waals surface area contributed by atoms with Gasteiger partial charge in [0.25, 0.3) is 0 Å². The molecular weight excluding hydrogens is 355 g/mol. The predicted molar refractivity (Wildman–Crippen MR) is 87.4 cm³/mol. The number of aliphatic hydroxyl groups excluding tert-OH is 2. The van der Waals surface area contributed by atoms with E-state index in [1.54, 1.807) is 4.57 Å². The molecular formula is C12H21N6O6P. The van der Waals surface area contributed by atoms with E-state index in [0.717, 1.165) is 0 Å². The maximum atomic E-state index is 11.8. The summed E-state index contributed by atoms with van der Waals surface area (Å²) >= 11 is 0. The maximum Gasteiger partial charge on any atom is 0.353 e. The van der Waals surface area contributed by atoms with Gasteiger partial charge in [-0.3, -0.25) is 4.57 Å². The van der Waals surface area contributed by atoms with Gasteiger partial charge in [-0.05, 0) is 0 Å². The Bertz CT molecular complexity index is 751. The Labute approximate surface area is 142 Å². The van der Waals surface area contributed by atoms with Crippen LogP contribution in [0.5, 0.6) is 0 Å². The Morgan fingerprint density at radius 1 is 1.28 bits per heavy atom. The van der Waals surface area contributed by atoms with Gasteiger partial charge in [0.2, 0.25) is 0 Å². The highest BCUT2D eigenvalue weighted by atomic mass is 31.2. The normalized spacial score (nSPS) is 14.7. The van der Waals surface area contributed by atoms with Crippen molar-refractivity contribution in [1.29, 1.82) is 0 Å². The summed E-state index contributed by atoms with van der Waals surface area (Å²) in [5, 5.41) is 18.0. The number of aliphatic hydroxyl groups is 2. The van der Waals surface area contributed by atoms with Crippen LogP contribution in [0.1, 0.15) is 0 Å². The predicted octanol–water partition coefficient (Wildman–Crippen LogP) is -1.73. The van der Waals surface area contributed by atoms with Crippen LogP contribution < -0.4 is 11.5 Å². The van der Waals surface area contributed by atoms with Crippen molar-refractivity contribution in [1.82, 2.24) is 19.5 Å². The summed E-state index contributed by atoms with van der Waals surface area (Å²) in [6, 6.07) is 0. The largest absolute Gasteiger partial charge is 0.394 e. The van der Waals surface area contributed by atoms with Crippen molar-refractivity contribution in [2.75, 3.05) is 38.5 Å². The minimum atomic E-state index is -4.07. The van der Waals surface area contributed by atoms with Crippen molar-refractivity contribution >= 4 is 24.6 Å². The molecule has 0 radical (unpaired) electrons. The molecule has 0 aromatic carbocycles. The number of ether oxygens (including phenoxy) is 1. The lowest BCUT2D eigenvalue weighted by atomic mass is 10.1. The zero-order valence-electron chi connectivity index (χ0n) is 13.4. The number of imidazole rings is 1. The first-order chi connectivity index (χ1) is 11.8. The van der Waals surface area contributed by atoms with Gasteiger partial charge in [0, 0.05) is 6.54 Å². The van der Waals surface area contributed by atoms with E-state index in [2.05, 4.69) is 15.0 Å². The van der Waals surface area contributed by atoms with E-state index >= 15 is 0 Å². The monoisotopic (exact) mass is 376 g/mol. The molecule has 0 aliphatic rings. The van der Waals surface area contributed by atoms with Gasteiger partial charge in [-0.15, -0.1) is 0 Å². The van der Waals surface area contributed by atoms with Gasteiger partial charge < -0.3 is 40.4 Å². The van der Waals surface area contributed by atoms with Crippen LogP contribution in [-0.2, 0) is 20.4 Å². The fraction of sp³-hybridized carbons (Fsp3) is 0.583. The van der Waals surface area contributed by atoms with E-state index in [9.17, 15) is 9.46 Å². The molecule has 12 nitrogen and oxygen atoms in total. The molecule has 25 heavy (non-hydrogen) atoms. The average molecular weight is 376 g/mol. The van der Waals surface area contributed by atoms with Crippen molar-refractivity contribution in [3.05, 3.63) is 12.7 Å². The highest BCUT2D eigenvalue weighted by molar-refractivity contribution is 7.52. The zero-order chi connectivity index (χ0) is 18.5. The quantitative estimate of drug-likeness (QED) is 0.234. The molecule has 0 aliphatic carbocycles. The molecule has 13 heteroatoms. The third kappa shape index (κ3) is 5.16. The molecule has 2 rings (SSSR count). The smallest absolute Gasteiger partial charge is 0.353 e. The number of nitrogens with zero attached hydrogens (tertiary/aromatic N) is 4. The Balaban J connectivity index is 1.81. The number of aromatic nitrogens is 4. The van der Waals surface area contributed by atoms with Gasteiger partial charge in [0.05, 0.1) is 38.3 Å². The highest BCUT2D eigenvalue weighted by Gasteiger charge is 2.29. The summed E-state index contributed by atoms with van der Waals surface area (Å²) in [5.41, 5.74) is 10.7. The molecule has 0 aliphatic heterocycles. The van der Waals surface area contributed by atoms with Crippen LogP contribution in [0.2, 0.25) is 0 Å². The fourth-order valence-electron chi connectivity index (χ4n) is 1.81. The second-order valence-corrected chi connectivity index (χ2v) is 7.29. The van der Waals surface area contributed by atoms with Crippen LogP contribution in [0.4, 0.5) is 5.82 Å². The van der Waals surface area contributed by atoms with E-state index in [1.165, 1.54) is 12.7 Å². The van der Waals surface area contributed by atoms with Crippen LogP contribution in [0.15, 0.2) is 12.7 Å². The van der Waals surface area contributed by atoms with Crippen molar-refractivity contribution in [3.8, 4) is 0 Å². The van der Waals surface area contributed by atoms with Crippen LogP contribution in [-0.4, -0.2) is 72.9 Å². The summed E-state index contributed by atoms with van der Waals surface area (Å²) in [7, 11) is -4.07. The second kappa shape index (κ2) is 8.15. The summed E-state index contributed by atoms with van der Waals surface area (Å²) in [6.45, 7) is -1.26. The van der Waals surface area contributed by atoms with Crippen LogP contribution in [0, 0.1) is 0 Å². The Kier molecular flexibility index (Phi) is 6.41. The van der Waals surface area contributed by atoms with Gasteiger partial charge in [-0.25, -0.2) is 15.0 Å². The molecule has 0 saturated carbocycles. The standard InChI is InChI=1S/C12H21N6O6P/c13-10-9-11(16-6-15-10)18(7-17-9)1-2-23-8-25(21,22)24-5-12(14,3-19)4-20/h6-7,19-20H,1-5,8,14H2,(H,21,22)(H2,13,15,16). The number of rotatable bonds is 10. The molecule has 140 valence electrons. The maximum absolute atomic E-state index is 11.8. The van der Waals surface area contributed by atoms with E-state index in [-0.39, 0.29) is 12.4 Å². The number of hydrogen-bond acceptors (Lipinski definition) is 10. The zero-order valence-corrected chi connectivity index (χ0v) is 14.2. The number of nitrogens with two attached hydrogens (primary N) is 2. The molecule has 0 fully saturated rings. The molecule has 0 amide bonds. The lowest BCUT2D eigenvalue weighted by Crippen LogP contribution is -2.51. The van der Waals surface area contributed by atoms with Gasteiger partial charge in [0.15, 0.2) is 11.5 Å². The van der Waals surface area contributed by atoms with Gasteiger partial charge in [-0.2, -0.15) is 0 Å². The highest BCUT2D eigenvalue weighted by Crippen LogP contribution is 2.42. The molecule has 2 aromatic heterocycles. The van der Waals surface area contributed by atoms with E-state index in [4.69, 9.17) is 30.9 Å². The van der Waals surface area contributed by atoms with Gasteiger partial charge in [-0.1, -0.05) is 0 Å². The van der Waals surface area contributed by atoms with Crippen molar-refractivity contribution in [2.24, 2.45) is 5.73 Å². The Morgan fingerprint density at radius 3 is 2.68 bits per heavy atom. The number of anilines is 1. The third-order valence-electron chi connectivity index (χ3n) is 3.34. The molecule has 0 saturated heterocycles. The summed E-state index contributed by atoms with van der Waals surface area (Å²) < 4.78 is 23.5. The molecule has 7 N–H and O–H groups in total. The van der Waals surface area contributed by atoms with Crippen molar-refractivity contribution < 1.29 is 28.9 Å². The Morgan fingerprint density at radius 2 is 2.00 bits per heavy atom. The van der Waals surface area contributed by atoms with Crippen molar-refractivity contribution in [2.45, 2.75) is 12.1 Å².